The second-order valence-electron chi connectivity index (χ2n) is 6.50. The van der Waals surface area contributed by atoms with Crippen LogP contribution in [0.25, 0.3) is 23.3 Å². The zero-order valence-electron chi connectivity index (χ0n) is 14.8. The van der Waals surface area contributed by atoms with Gasteiger partial charge < -0.3 is 10.4 Å². The summed E-state index contributed by atoms with van der Waals surface area (Å²) in [5.41, 5.74) is 3.72. The Kier molecular flexibility index (Phi) is 5.14. The van der Waals surface area contributed by atoms with E-state index in [1.165, 1.54) is 5.56 Å². The lowest BCUT2D eigenvalue weighted by molar-refractivity contribution is 0.208. The number of aliphatic hydroxyl groups is 1. The van der Waals surface area contributed by atoms with Crippen LogP contribution in [0.15, 0.2) is 58.1 Å². The van der Waals surface area contributed by atoms with Crippen LogP contribution >= 0.6 is 0 Å². The van der Waals surface area contributed by atoms with Gasteiger partial charge in [-0.15, -0.1) is 0 Å². The number of rotatable bonds is 6. The molecular weight excluding hydrogens is 326 g/mol. The molecule has 0 aliphatic rings. The van der Waals surface area contributed by atoms with E-state index in [1.807, 2.05) is 36.4 Å². The molecule has 0 spiro atoms. The first-order valence-corrected chi connectivity index (χ1v) is 8.56. The van der Waals surface area contributed by atoms with E-state index in [4.69, 9.17) is 0 Å². The fourth-order valence-electron chi connectivity index (χ4n) is 2.72. The zero-order valence-corrected chi connectivity index (χ0v) is 14.8. The molecule has 0 saturated carbocycles. The monoisotopic (exact) mass is 347 g/mol. The van der Waals surface area contributed by atoms with Gasteiger partial charge in [0.1, 0.15) is 0 Å². The maximum atomic E-state index is 11.9. The molecule has 0 radical (unpaired) electrons. The third kappa shape index (κ3) is 3.81. The number of hydrogen-bond acceptors (Lipinski definition) is 4. The molecule has 3 rings (SSSR count). The molecule has 2 N–H and O–H groups in total. The van der Waals surface area contributed by atoms with Crippen LogP contribution in [0.3, 0.4) is 0 Å². The molecule has 4 nitrogen and oxygen atoms in total. The van der Waals surface area contributed by atoms with E-state index in [0.29, 0.717) is 16.8 Å². The highest BCUT2D eigenvalue weighted by atomic mass is 16.3. The van der Waals surface area contributed by atoms with E-state index in [2.05, 4.69) is 36.5 Å². The minimum absolute atomic E-state index is 0.231. The van der Waals surface area contributed by atoms with Gasteiger partial charge in [-0.1, -0.05) is 66.2 Å². The van der Waals surface area contributed by atoms with Crippen LogP contribution in [0, 0.1) is 6.92 Å². The number of hydrogen-bond donors (Lipinski definition) is 2. The molecule has 0 saturated heterocycles. The van der Waals surface area contributed by atoms with Gasteiger partial charge in [0.25, 0.3) is 0 Å². The highest BCUT2D eigenvalue weighted by Gasteiger charge is 2.22. The van der Waals surface area contributed by atoms with Crippen LogP contribution in [0.2, 0.25) is 0 Å². The molecule has 1 atom stereocenters. The smallest absolute Gasteiger partial charge is 0.250 e. The van der Waals surface area contributed by atoms with Crippen LogP contribution in [-0.4, -0.2) is 17.8 Å². The van der Waals surface area contributed by atoms with Gasteiger partial charge in [0.2, 0.25) is 10.9 Å². The second kappa shape index (κ2) is 7.50. The highest BCUT2D eigenvalue weighted by Crippen LogP contribution is 2.24. The minimum Gasteiger partial charge on any atom is -0.392 e. The third-order valence-corrected chi connectivity index (χ3v) is 4.23. The fraction of sp³-hybridized carbons (Fsp3) is 0.182. The first-order chi connectivity index (χ1) is 12.5. The first-order valence-electron chi connectivity index (χ1n) is 8.56. The molecule has 3 aromatic carbocycles. The molecule has 0 heterocycles. The summed E-state index contributed by atoms with van der Waals surface area (Å²) in [7, 11) is 0. The lowest BCUT2D eigenvalue weighted by atomic mass is 9.97. The van der Waals surface area contributed by atoms with Gasteiger partial charge in [0.15, 0.2) is 0 Å². The summed E-state index contributed by atoms with van der Waals surface area (Å²) in [5, 5.41) is 12.2. The van der Waals surface area contributed by atoms with Crippen LogP contribution < -0.4 is 16.2 Å². The molecule has 0 aliphatic heterocycles. The molecule has 0 amide bonds. The Morgan fingerprint density at radius 2 is 1.46 bits per heavy atom. The molecule has 0 aromatic heterocycles. The number of anilines is 1. The highest BCUT2D eigenvalue weighted by molar-refractivity contribution is 5.82. The van der Waals surface area contributed by atoms with Crippen molar-refractivity contribution >= 4 is 17.8 Å². The molecule has 1 unspecified atom stereocenters. The van der Waals surface area contributed by atoms with Crippen molar-refractivity contribution in [1.29, 1.82) is 0 Å². The van der Waals surface area contributed by atoms with Gasteiger partial charge in [-0.3, -0.25) is 9.59 Å². The lowest BCUT2D eigenvalue weighted by Crippen LogP contribution is -2.37. The molecule has 132 valence electrons. The van der Waals surface area contributed by atoms with Gasteiger partial charge in [-0.05, 0) is 30.5 Å². The Morgan fingerprint density at radius 1 is 0.923 bits per heavy atom. The number of aryl methyl sites for hydroxylation is 1. The lowest BCUT2D eigenvalue weighted by Gasteiger charge is -2.14. The summed E-state index contributed by atoms with van der Waals surface area (Å²) < 4.78 is 0. The first kappa shape index (κ1) is 17.8. The van der Waals surface area contributed by atoms with Crippen LogP contribution in [0.1, 0.15) is 23.6 Å². The second-order valence-corrected chi connectivity index (χ2v) is 6.50. The van der Waals surface area contributed by atoms with Crippen molar-refractivity contribution in [2.45, 2.75) is 20.0 Å². The summed E-state index contributed by atoms with van der Waals surface area (Å²) in [6.45, 7) is 3.90. The normalized spacial score (nSPS) is 12.6. The van der Waals surface area contributed by atoms with E-state index < -0.39 is 17.0 Å². The Morgan fingerprint density at radius 3 is 2.00 bits per heavy atom. The summed E-state index contributed by atoms with van der Waals surface area (Å²) in [6, 6.07) is 15.7. The van der Waals surface area contributed by atoms with Crippen molar-refractivity contribution in [2.75, 3.05) is 11.9 Å². The minimum atomic E-state index is -0.596. The molecular formula is C22H21NO3. The van der Waals surface area contributed by atoms with E-state index >= 15 is 0 Å². The predicted octanol–water partition coefficient (Wildman–Crippen LogP) is 3.22. The molecule has 0 fully saturated rings. The van der Waals surface area contributed by atoms with Crippen LogP contribution in [0.5, 0.6) is 0 Å². The van der Waals surface area contributed by atoms with E-state index in [9.17, 15) is 14.7 Å². The van der Waals surface area contributed by atoms with Crippen molar-refractivity contribution in [2.24, 2.45) is 0 Å². The summed E-state index contributed by atoms with van der Waals surface area (Å²) >= 11 is 0. The summed E-state index contributed by atoms with van der Waals surface area (Å²) in [6.07, 6.45) is 3.44. The summed E-state index contributed by atoms with van der Waals surface area (Å²) in [5.74, 6) is 0. The Bertz CT molecular complexity index is 990. The Labute approximate surface area is 152 Å². The molecule has 26 heavy (non-hydrogen) atoms. The Hall–Kier alpha value is -2.98. The quantitative estimate of drug-likeness (QED) is 0.531. The van der Waals surface area contributed by atoms with Crippen LogP contribution in [-0.2, 0) is 0 Å². The number of benzene rings is 2. The predicted molar refractivity (Wildman–Crippen MR) is 107 cm³/mol. The van der Waals surface area contributed by atoms with Crippen LogP contribution in [0.4, 0.5) is 5.69 Å². The van der Waals surface area contributed by atoms with Crippen molar-refractivity contribution in [3.05, 3.63) is 85.7 Å². The van der Waals surface area contributed by atoms with Gasteiger partial charge in [0.05, 0.1) is 17.4 Å². The molecule has 4 heteroatoms. The number of aliphatic hydroxyl groups excluding tert-OH is 1. The SMILES string of the molecule is Cc1ccc(C=Cc2ccc(-c3c(NCC(C)O)c(=O)c3=O)cc2)cc1. The molecule has 0 aliphatic carbocycles. The van der Waals surface area contributed by atoms with E-state index in [1.54, 1.807) is 6.92 Å². The van der Waals surface area contributed by atoms with Crippen molar-refractivity contribution in [3.8, 4) is 11.1 Å². The molecule has 3 aromatic rings. The van der Waals surface area contributed by atoms with E-state index in [-0.39, 0.29) is 6.54 Å². The van der Waals surface area contributed by atoms with E-state index in [0.717, 1.165) is 11.1 Å². The van der Waals surface area contributed by atoms with Gasteiger partial charge >= 0.3 is 0 Å². The van der Waals surface area contributed by atoms with Crippen molar-refractivity contribution in [3.63, 3.8) is 0 Å². The van der Waals surface area contributed by atoms with Gasteiger partial charge in [0, 0.05) is 6.54 Å². The fourth-order valence-corrected chi connectivity index (χ4v) is 2.72. The zero-order chi connectivity index (χ0) is 18.7. The topological polar surface area (TPSA) is 66.4 Å². The van der Waals surface area contributed by atoms with Gasteiger partial charge in [-0.2, -0.15) is 0 Å². The standard InChI is InChI=1S/C22H21NO3/c1-14-3-5-16(6-4-14)7-8-17-9-11-18(12-10-17)19-20(22(26)21(19)25)23-13-15(2)24/h3-12,15,23-24H,13H2,1-2H3. The summed E-state index contributed by atoms with van der Waals surface area (Å²) in [4.78, 5) is 23.7. The third-order valence-electron chi connectivity index (χ3n) is 4.23. The number of nitrogens with one attached hydrogen (secondary N) is 1. The molecule has 0 bridgehead atoms. The Balaban J connectivity index is 1.78. The average molecular weight is 347 g/mol. The van der Waals surface area contributed by atoms with Crippen molar-refractivity contribution < 1.29 is 5.11 Å². The maximum absolute atomic E-state index is 11.9. The van der Waals surface area contributed by atoms with Gasteiger partial charge in [-0.25, -0.2) is 0 Å². The van der Waals surface area contributed by atoms with Crippen molar-refractivity contribution in [1.82, 2.24) is 0 Å². The largest absolute Gasteiger partial charge is 0.392 e. The average Bonchev–Trinajstić information content (AvgIpc) is 2.64. The maximum Gasteiger partial charge on any atom is 0.250 e.